The lowest BCUT2D eigenvalue weighted by Crippen LogP contribution is -2.14. The Kier molecular flexibility index (Phi) is 4.46. The Morgan fingerprint density at radius 3 is 2.79 bits per heavy atom. The Bertz CT molecular complexity index is 334. The molecular weight excluding hydrogens is 217 g/mol. The van der Waals surface area contributed by atoms with Crippen molar-refractivity contribution in [2.75, 3.05) is 6.54 Å². The van der Waals surface area contributed by atoms with E-state index in [1.165, 1.54) is 0 Å². The van der Waals surface area contributed by atoms with Crippen LogP contribution in [0.15, 0.2) is 29.8 Å². The minimum Gasteiger partial charge on any atom is -0.308 e. The van der Waals surface area contributed by atoms with Crippen LogP contribution in [0.1, 0.15) is 11.1 Å². The summed E-state index contributed by atoms with van der Waals surface area (Å²) in [6.45, 7) is 6.95. The average Bonchev–Trinajstić information content (AvgIpc) is 2.10. The van der Waals surface area contributed by atoms with E-state index in [1.54, 1.807) is 0 Å². The standard InChI is InChI=1S/C11H13Cl2N/c1-8-3-4-10(5-11(8)13)7-14-6-9(2)12/h3-5,14H,2,6-7H2,1H3. The van der Waals surface area contributed by atoms with Gasteiger partial charge in [0.1, 0.15) is 0 Å². The summed E-state index contributed by atoms with van der Waals surface area (Å²) < 4.78 is 0. The van der Waals surface area contributed by atoms with Crippen molar-refractivity contribution in [3.8, 4) is 0 Å². The third-order valence-electron chi connectivity index (χ3n) is 1.88. The summed E-state index contributed by atoms with van der Waals surface area (Å²) in [5, 5.41) is 4.57. The molecule has 1 rings (SSSR count). The molecule has 1 aromatic rings. The number of benzene rings is 1. The van der Waals surface area contributed by atoms with Crippen molar-refractivity contribution < 1.29 is 0 Å². The summed E-state index contributed by atoms with van der Waals surface area (Å²) in [7, 11) is 0. The highest BCUT2D eigenvalue weighted by Crippen LogP contribution is 2.16. The molecule has 0 aliphatic carbocycles. The van der Waals surface area contributed by atoms with Gasteiger partial charge in [0.25, 0.3) is 0 Å². The fourth-order valence-electron chi connectivity index (χ4n) is 1.09. The monoisotopic (exact) mass is 229 g/mol. The van der Waals surface area contributed by atoms with Crippen LogP contribution in [0.25, 0.3) is 0 Å². The van der Waals surface area contributed by atoms with Crippen LogP contribution in [0.3, 0.4) is 0 Å². The quantitative estimate of drug-likeness (QED) is 0.834. The van der Waals surface area contributed by atoms with Gasteiger partial charge in [-0.25, -0.2) is 0 Å². The SMILES string of the molecule is C=C(Cl)CNCc1ccc(C)c(Cl)c1. The topological polar surface area (TPSA) is 12.0 Å². The van der Waals surface area contributed by atoms with Gasteiger partial charge in [-0.05, 0) is 24.1 Å². The molecule has 1 N–H and O–H groups in total. The van der Waals surface area contributed by atoms with E-state index in [0.29, 0.717) is 11.6 Å². The van der Waals surface area contributed by atoms with E-state index in [4.69, 9.17) is 23.2 Å². The summed E-state index contributed by atoms with van der Waals surface area (Å²) in [6, 6.07) is 6.01. The molecule has 0 amide bonds. The van der Waals surface area contributed by atoms with Crippen LogP contribution >= 0.6 is 23.2 Å². The Labute approximate surface area is 94.7 Å². The van der Waals surface area contributed by atoms with Crippen molar-refractivity contribution in [2.45, 2.75) is 13.5 Å². The maximum Gasteiger partial charge on any atom is 0.0438 e. The van der Waals surface area contributed by atoms with Gasteiger partial charge in [-0.3, -0.25) is 0 Å². The Morgan fingerprint density at radius 2 is 2.21 bits per heavy atom. The van der Waals surface area contributed by atoms with E-state index in [2.05, 4.69) is 11.9 Å². The van der Waals surface area contributed by atoms with Crippen LogP contribution < -0.4 is 5.32 Å². The fraction of sp³-hybridized carbons (Fsp3) is 0.273. The van der Waals surface area contributed by atoms with Gasteiger partial charge in [0.05, 0.1) is 0 Å². The largest absolute Gasteiger partial charge is 0.308 e. The zero-order valence-corrected chi connectivity index (χ0v) is 9.62. The van der Waals surface area contributed by atoms with Crippen LogP contribution in [-0.4, -0.2) is 6.54 Å². The molecule has 1 aromatic carbocycles. The molecule has 14 heavy (non-hydrogen) atoms. The maximum atomic E-state index is 5.98. The van der Waals surface area contributed by atoms with Crippen LogP contribution in [0.5, 0.6) is 0 Å². The second kappa shape index (κ2) is 5.40. The summed E-state index contributed by atoms with van der Waals surface area (Å²) >= 11 is 11.6. The molecule has 0 saturated carbocycles. The van der Waals surface area contributed by atoms with Crippen molar-refractivity contribution in [3.63, 3.8) is 0 Å². The van der Waals surface area contributed by atoms with Gasteiger partial charge in [0, 0.05) is 23.1 Å². The molecule has 0 fully saturated rings. The Hall–Kier alpha value is -0.500. The molecule has 0 aliphatic rings. The number of rotatable bonds is 4. The molecule has 0 heterocycles. The van der Waals surface area contributed by atoms with Crippen LogP contribution in [0, 0.1) is 6.92 Å². The van der Waals surface area contributed by atoms with Crippen molar-refractivity contribution in [2.24, 2.45) is 0 Å². The summed E-state index contributed by atoms with van der Waals surface area (Å²) in [4.78, 5) is 0. The number of halogens is 2. The fourth-order valence-corrected chi connectivity index (χ4v) is 1.39. The zero-order chi connectivity index (χ0) is 10.6. The first-order chi connectivity index (χ1) is 6.59. The minimum absolute atomic E-state index is 0.614. The van der Waals surface area contributed by atoms with E-state index in [9.17, 15) is 0 Å². The Balaban J connectivity index is 2.51. The van der Waals surface area contributed by atoms with Gasteiger partial charge in [-0.2, -0.15) is 0 Å². The number of nitrogens with one attached hydrogen (secondary N) is 1. The summed E-state index contributed by atoms with van der Waals surface area (Å²) in [6.07, 6.45) is 0. The third-order valence-corrected chi connectivity index (χ3v) is 2.42. The molecule has 0 aromatic heterocycles. The highest BCUT2D eigenvalue weighted by atomic mass is 35.5. The maximum absolute atomic E-state index is 5.98. The van der Waals surface area contributed by atoms with E-state index in [0.717, 1.165) is 22.7 Å². The predicted octanol–water partition coefficient (Wildman–Crippen LogP) is 3.49. The van der Waals surface area contributed by atoms with Crippen molar-refractivity contribution in [3.05, 3.63) is 46.0 Å². The van der Waals surface area contributed by atoms with Crippen LogP contribution in [0.4, 0.5) is 0 Å². The molecule has 1 nitrogen and oxygen atoms in total. The van der Waals surface area contributed by atoms with Crippen LogP contribution in [-0.2, 0) is 6.54 Å². The minimum atomic E-state index is 0.614. The van der Waals surface area contributed by atoms with Crippen molar-refractivity contribution >= 4 is 23.2 Å². The Morgan fingerprint density at radius 1 is 1.50 bits per heavy atom. The first-order valence-corrected chi connectivity index (χ1v) is 5.14. The molecule has 0 atom stereocenters. The van der Waals surface area contributed by atoms with Crippen molar-refractivity contribution in [1.82, 2.24) is 5.32 Å². The molecule has 0 unspecified atom stereocenters. The van der Waals surface area contributed by atoms with Gasteiger partial charge >= 0.3 is 0 Å². The van der Waals surface area contributed by atoms with Crippen LogP contribution in [0.2, 0.25) is 5.02 Å². The van der Waals surface area contributed by atoms with Gasteiger partial charge in [-0.15, -0.1) is 0 Å². The van der Waals surface area contributed by atoms with Crippen molar-refractivity contribution in [1.29, 1.82) is 0 Å². The summed E-state index contributed by atoms with van der Waals surface area (Å²) in [5.74, 6) is 0. The highest BCUT2D eigenvalue weighted by molar-refractivity contribution is 6.31. The molecule has 0 spiro atoms. The number of hydrogen-bond acceptors (Lipinski definition) is 1. The lowest BCUT2D eigenvalue weighted by molar-refractivity contribution is 0.755. The molecule has 0 radical (unpaired) electrons. The van der Waals surface area contributed by atoms with E-state index in [-0.39, 0.29) is 0 Å². The predicted molar refractivity (Wildman–Crippen MR) is 62.9 cm³/mol. The molecule has 0 saturated heterocycles. The number of hydrogen-bond donors (Lipinski definition) is 1. The second-order valence-corrected chi connectivity index (χ2v) is 4.15. The van der Waals surface area contributed by atoms with Gasteiger partial charge in [0.2, 0.25) is 0 Å². The highest BCUT2D eigenvalue weighted by Gasteiger charge is 1.97. The van der Waals surface area contributed by atoms with Gasteiger partial charge in [-0.1, -0.05) is 41.9 Å². The third kappa shape index (κ3) is 3.70. The molecule has 0 bridgehead atoms. The van der Waals surface area contributed by atoms with Gasteiger partial charge < -0.3 is 5.32 Å². The molecular formula is C11H13Cl2N. The lowest BCUT2D eigenvalue weighted by Gasteiger charge is -2.05. The normalized spacial score (nSPS) is 10.2. The molecule has 76 valence electrons. The second-order valence-electron chi connectivity index (χ2n) is 3.20. The van der Waals surface area contributed by atoms with Gasteiger partial charge in [0.15, 0.2) is 0 Å². The molecule has 3 heteroatoms. The van der Waals surface area contributed by atoms with E-state index >= 15 is 0 Å². The smallest absolute Gasteiger partial charge is 0.0438 e. The lowest BCUT2D eigenvalue weighted by atomic mass is 10.1. The van der Waals surface area contributed by atoms with E-state index in [1.807, 2.05) is 25.1 Å². The zero-order valence-electron chi connectivity index (χ0n) is 8.11. The first-order valence-electron chi connectivity index (χ1n) is 4.38. The first kappa shape index (κ1) is 11.6. The number of aryl methyl sites for hydroxylation is 1. The summed E-state index contributed by atoms with van der Waals surface area (Å²) in [5.41, 5.74) is 2.25. The average molecular weight is 230 g/mol. The molecule has 0 aliphatic heterocycles. The van der Waals surface area contributed by atoms with E-state index < -0.39 is 0 Å².